The maximum atomic E-state index is 12.4. The molecule has 0 radical (unpaired) electrons. The Morgan fingerprint density at radius 2 is 2.05 bits per heavy atom. The van der Waals surface area contributed by atoms with Crippen LogP contribution in [0.5, 0.6) is 0 Å². The number of β-amino-alcohol motifs (C(OH)–C–C–N with tert-alkyl or cyclic N) is 1. The summed E-state index contributed by atoms with van der Waals surface area (Å²) in [6, 6.07) is 0.194. The highest BCUT2D eigenvalue weighted by molar-refractivity contribution is 5.74. The highest BCUT2D eigenvalue weighted by Crippen LogP contribution is 2.30. The predicted molar refractivity (Wildman–Crippen MR) is 67.1 cm³/mol. The molecular formula is C13H21F3N2O2. The van der Waals surface area contributed by atoms with Gasteiger partial charge in [-0.15, -0.1) is 0 Å². The first kappa shape index (κ1) is 15.6. The number of likely N-dealkylation sites (tertiary alicyclic amines) is 1. The smallest absolute Gasteiger partial charge is 0.382 e. The second-order valence-electron chi connectivity index (χ2n) is 5.75. The Bertz CT molecular complexity index is 358. The molecule has 0 aromatic rings. The minimum Gasteiger partial charge on any atom is -0.382 e. The molecule has 1 N–H and O–H groups in total. The average Bonchev–Trinajstić information content (AvgIpc) is 3.07. The zero-order valence-corrected chi connectivity index (χ0v) is 11.6. The first-order chi connectivity index (χ1) is 9.29. The Hall–Kier alpha value is -0.820. The third-order valence-electron chi connectivity index (χ3n) is 4.08. The van der Waals surface area contributed by atoms with Gasteiger partial charge in [0.15, 0.2) is 6.10 Å². The number of amides is 1. The summed E-state index contributed by atoms with van der Waals surface area (Å²) in [5.41, 5.74) is 0. The highest BCUT2D eigenvalue weighted by Gasteiger charge is 2.42. The molecule has 1 amide bonds. The second kappa shape index (κ2) is 5.89. The van der Waals surface area contributed by atoms with Crippen molar-refractivity contribution in [2.75, 3.05) is 19.6 Å². The van der Waals surface area contributed by atoms with E-state index in [1.54, 1.807) is 9.80 Å². The van der Waals surface area contributed by atoms with Gasteiger partial charge < -0.3 is 10.0 Å². The molecule has 1 aliphatic carbocycles. The Morgan fingerprint density at radius 1 is 1.40 bits per heavy atom. The summed E-state index contributed by atoms with van der Waals surface area (Å²) in [6.07, 6.45) is -3.33. The normalized spacial score (nSPS) is 25.8. The van der Waals surface area contributed by atoms with Crippen molar-refractivity contribution >= 4 is 5.91 Å². The first-order valence-electron chi connectivity index (χ1n) is 7.05. The molecule has 20 heavy (non-hydrogen) atoms. The Morgan fingerprint density at radius 3 is 2.55 bits per heavy atom. The third-order valence-corrected chi connectivity index (χ3v) is 4.08. The minimum absolute atomic E-state index is 0.0179. The van der Waals surface area contributed by atoms with Crippen molar-refractivity contribution in [1.82, 2.24) is 9.80 Å². The van der Waals surface area contributed by atoms with Gasteiger partial charge in [-0.25, -0.2) is 0 Å². The van der Waals surface area contributed by atoms with Crippen molar-refractivity contribution in [1.29, 1.82) is 0 Å². The summed E-state index contributed by atoms with van der Waals surface area (Å²) >= 11 is 0. The van der Waals surface area contributed by atoms with Crippen LogP contribution in [0.1, 0.15) is 32.6 Å². The number of aliphatic hydroxyl groups is 1. The van der Waals surface area contributed by atoms with Crippen LogP contribution in [0.15, 0.2) is 0 Å². The van der Waals surface area contributed by atoms with E-state index in [4.69, 9.17) is 0 Å². The number of aliphatic hydroxyl groups excluding tert-OH is 1. The molecule has 7 heteroatoms. The number of nitrogens with zero attached hydrogens (tertiary/aromatic N) is 2. The predicted octanol–water partition coefficient (Wildman–Crippen LogP) is 1.38. The summed E-state index contributed by atoms with van der Waals surface area (Å²) < 4.78 is 37.3. The van der Waals surface area contributed by atoms with Gasteiger partial charge in [0.05, 0.1) is 0 Å². The van der Waals surface area contributed by atoms with Crippen molar-refractivity contribution in [3.05, 3.63) is 0 Å². The van der Waals surface area contributed by atoms with Gasteiger partial charge in [0.1, 0.15) is 0 Å². The lowest BCUT2D eigenvalue weighted by Crippen LogP contribution is -2.48. The standard InChI is InChI=1S/C13H21F3N2O2/c1-9(19)18(10-4-5-10)7-11-3-2-6-17(11)8-12(20)13(14,15)16/h10-12,20H,2-8H2,1H3/t11-,12-/m0/s1. The molecule has 1 saturated carbocycles. The number of rotatable bonds is 5. The SMILES string of the molecule is CC(=O)N(C[C@@H]1CCCN1C[C@H](O)C(F)(F)F)C1CC1. The van der Waals surface area contributed by atoms with Gasteiger partial charge in [-0.3, -0.25) is 9.69 Å². The molecule has 4 nitrogen and oxygen atoms in total. The molecular weight excluding hydrogens is 273 g/mol. The largest absolute Gasteiger partial charge is 0.415 e. The van der Waals surface area contributed by atoms with Gasteiger partial charge in [-0.05, 0) is 32.2 Å². The van der Waals surface area contributed by atoms with E-state index in [-0.39, 0.29) is 18.0 Å². The zero-order valence-electron chi connectivity index (χ0n) is 11.6. The van der Waals surface area contributed by atoms with Crippen molar-refractivity contribution in [3.8, 4) is 0 Å². The van der Waals surface area contributed by atoms with Crippen LogP contribution >= 0.6 is 0 Å². The molecule has 0 spiro atoms. The van der Waals surface area contributed by atoms with E-state index < -0.39 is 18.8 Å². The number of alkyl halides is 3. The number of hydrogen-bond acceptors (Lipinski definition) is 3. The van der Waals surface area contributed by atoms with E-state index in [0.717, 1.165) is 25.7 Å². The summed E-state index contributed by atoms with van der Waals surface area (Å²) in [5, 5.41) is 9.18. The highest BCUT2D eigenvalue weighted by atomic mass is 19.4. The van der Waals surface area contributed by atoms with Gasteiger partial charge in [-0.2, -0.15) is 13.2 Å². The van der Waals surface area contributed by atoms with Gasteiger partial charge >= 0.3 is 6.18 Å². The fourth-order valence-electron chi connectivity index (χ4n) is 2.82. The Labute approximate surface area is 116 Å². The van der Waals surface area contributed by atoms with Crippen LogP contribution in [0.25, 0.3) is 0 Å². The van der Waals surface area contributed by atoms with Crippen LogP contribution in [-0.4, -0.2) is 64.8 Å². The number of carbonyl (C=O) groups excluding carboxylic acids is 1. The fourth-order valence-corrected chi connectivity index (χ4v) is 2.82. The van der Waals surface area contributed by atoms with Crippen molar-refractivity contribution < 1.29 is 23.1 Å². The van der Waals surface area contributed by atoms with Crippen molar-refractivity contribution in [3.63, 3.8) is 0 Å². The van der Waals surface area contributed by atoms with Crippen LogP contribution < -0.4 is 0 Å². The Balaban J connectivity index is 1.91. The summed E-state index contributed by atoms with van der Waals surface area (Å²) in [7, 11) is 0. The van der Waals surface area contributed by atoms with Gasteiger partial charge in [0, 0.05) is 32.1 Å². The molecule has 0 bridgehead atoms. The Kier molecular flexibility index (Phi) is 4.59. The van der Waals surface area contributed by atoms with Crippen molar-refractivity contribution in [2.24, 2.45) is 0 Å². The summed E-state index contributed by atoms with van der Waals surface area (Å²) in [5.74, 6) is -0.0179. The first-order valence-corrected chi connectivity index (χ1v) is 7.05. The third kappa shape index (κ3) is 3.85. The second-order valence-corrected chi connectivity index (χ2v) is 5.75. The number of halogens is 3. The molecule has 0 aromatic carbocycles. The summed E-state index contributed by atoms with van der Waals surface area (Å²) in [4.78, 5) is 15.0. The quantitative estimate of drug-likeness (QED) is 0.833. The van der Waals surface area contributed by atoms with Crippen LogP contribution in [0, 0.1) is 0 Å². The molecule has 2 rings (SSSR count). The van der Waals surface area contributed by atoms with E-state index in [9.17, 15) is 23.1 Å². The van der Waals surface area contributed by atoms with E-state index in [0.29, 0.717) is 13.1 Å². The molecule has 2 aliphatic rings. The maximum absolute atomic E-state index is 12.4. The minimum atomic E-state index is -4.58. The van der Waals surface area contributed by atoms with Crippen LogP contribution in [0.4, 0.5) is 13.2 Å². The molecule has 1 heterocycles. The van der Waals surface area contributed by atoms with Gasteiger partial charge in [-0.1, -0.05) is 0 Å². The van der Waals surface area contributed by atoms with E-state index >= 15 is 0 Å². The van der Waals surface area contributed by atoms with Crippen molar-refractivity contribution in [2.45, 2.75) is 57.0 Å². The maximum Gasteiger partial charge on any atom is 0.415 e. The zero-order chi connectivity index (χ0) is 14.9. The molecule has 1 aliphatic heterocycles. The number of hydrogen-bond donors (Lipinski definition) is 1. The lowest BCUT2D eigenvalue weighted by Gasteiger charge is -2.32. The summed E-state index contributed by atoms with van der Waals surface area (Å²) in [6.45, 7) is 2.13. The average molecular weight is 294 g/mol. The molecule has 0 aromatic heterocycles. The fraction of sp³-hybridized carbons (Fsp3) is 0.923. The van der Waals surface area contributed by atoms with E-state index in [2.05, 4.69) is 0 Å². The van der Waals surface area contributed by atoms with Gasteiger partial charge in [0.2, 0.25) is 5.91 Å². The topological polar surface area (TPSA) is 43.8 Å². The van der Waals surface area contributed by atoms with Crippen LogP contribution in [0.2, 0.25) is 0 Å². The lowest BCUT2D eigenvalue weighted by atomic mass is 10.2. The van der Waals surface area contributed by atoms with Crippen LogP contribution in [-0.2, 0) is 4.79 Å². The molecule has 2 atom stereocenters. The number of carbonyl (C=O) groups is 1. The monoisotopic (exact) mass is 294 g/mol. The van der Waals surface area contributed by atoms with Crippen LogP contribution in [0.3, 0.4) is 0 Å². The lowest BCUT2D eigenvalue weighted by molar-refractivity contribution is -0.208. The van der Waals surface area contributed by atoms with E-state index in [1.807, 2.05) is 0 Å². The van der Waals surface area contributed by atoms with E-state index in [1.165, 1.54) is 6.92 Å². The molecule has 116 valence electrons. The van der Waals surface area contributed by atoms with Gasteiger partial charge in [0.25, 0.3) is 0 Å². The molecule has 1 saturated heterocycles. The molecule has 0 unspecified atom stereocenters. The molecule has 2 fully saturated rings.